The molecule has 5 nitrogen and oxygen atoms in total. The van der Waals surface area contributed by atoms with E-state index < -0.39 is 10.0 Å². The van der Waals surface area contributed by atoms with Crippen molar-refractivity contribution in [2.24, 2.45) is 5.90 Å². The molecular formula is C13H22N2O3S. The molecule has 0 aliphatic heterocycles. The molecule has 0 amide bonds. The first-order chi connectivity index (χ1) is 9.10. The van der Waals surface area contributed by atoms with Crippen LogP contribution in [-0.2, 0) is 21.3 Å². The highest BCUT2D eigenvalue weighted by Gasteiger charge is 2.12. The number of nitrogens with two attached hydrogens (primary N) is 1. The lowest BCUT2D eigenvalue weighted by atomic mass is 10.2. The molecule has 6 heteroatoms. The van der Waals surface area contributed by atoms with Crippen molar-refractivity contribution >= 4 is 10.0 Å². The first kappa shape index (κ1) is 16.1. The number of unbranched alkanes of at least 4 members (excludes halogenated alkanes) is 2. The number of nitrogens with one attached hydrogen (secondary N) is 1. The molecule has 3 N–H and O–H groups in total. The largest absolute Gasteiger partial charge is 0.304 e. The van der Waals surface area contributed by atoms with Gasteiger partial charge >= 0.3 is 0 Å². The van der Waals surface area contributed by atoms with Crippen LogP contribution >= 0.6 is 0 Å². The average Bonchev–Trinajstić information content (AvgIpc) is 2.42. The van der Waals surface area contributed by atoms with Crippen LogP contribution in [0, 0.1) is 0 Å². The third kappa shape index (κ3) is 5.69. The monoisotopic (exact) mass is 286 g/mol. The molecule has 0 aliphatic carbocycles. The predicted molar refractivity (Wildman–Crippen MR) is 75.0 cm³/mol. The van der Waals surface area contributed by atoms with E-state index in [4.69, 9.17) is 5.90 Å². The Labute approximate surface area is 115 Å². The second-order valence-corrected chi connectivity index (χ2v) is 6.14. The van der Waals surface area contributed by atoms with Crippen LogP contribution in [-0.4, -0.2) is 21.6 Å². The topological polar surface area (TPSA) is 81.4 Å². The Balaban J connectivity index is 2.58. The van der Waals surface area contributed by atoms with Crippen LogP contribution in [0.4, 0.5) is 0 Å². The molecule has 108 valence electrons. The van der Waals surface area contributed by atoms with E-state index in [1.807, 2.05) is 0 Å². The molecule has 0 radical (unpaired) electrons. The van der Waals surface area contributed by atoms with Crippen LogP contribution in [0.5, 0.6) is 0 Å². The minimum Gasteiger partial charge on any atom is -0.304 e. The molecule has 0 fully saturated rings. The lowest BCUT2D eigenvalue weighted by Crippen LogP contribution is -2.24. The predicted octanol–water partition coefficient (Wildman–Crippen LogP) is 1.59. The van der Waals surface area contributed by atoms with Crippen molar-refractivity contribution in [1.29, 1.82) is 0 Å². The highest BCUT2D eigenvalue weighted by Crippen LogP contribution is 2.11. The van der Waals surface area contributed by atoms with Crippen molar-refractivity contribution < 1.29 is 13.3 Å². The molecule has 0 spiro atoms. The van der Waals surface area contributed by atoms with Gasteiger partial charge in [0.05, 0.1) is 11.5 Å². The maximum Gasteiger partial charge on any atom is 0.240 e. The first-order valence-electron chi connectivity index (χ1n) is 6.50. The van der Waals surface area contributed by atoms with Crippen molar-refractivity contribution in [1.82, 2.24) is 4.72 Å². The Morgan fingerprint density at radius 3 is 2.47 bits per heavy atom. The summed E-state index contributed by atoms with van der Waals surface area (Å²) in [4.78, 5) is 4.78. The fourth-order valence-electron chi connectivity index (χ4n) is 1.68. The maximum atomic E-state index is 12.0. The Morgan fingerprint density at radius 1 is 1.21 bits per heavy atom. The Hall–Kier alpha value is -0.950. The average molecular weight is 286 g/mol. The van der Waals surface area contributed by atoms with Crippen LogP contribution in [0.15, 0.2) is 29.2 Å². The molecule has 0 unspecified atom stereocenters. The van der Waals surface area contributed by atoms with E-state index >= 15 is 0 Å². The van der Waals surface area contributed by atoms with E-state index in [1.54, 1.807) is 24.3 Å². The summed E-state index contributed by atoms with van der Waals surface area (Å²) in [5, 5.41) is 0. The number of hydrogen-bond acceptors (Lipinski definition) is 4. The number of benzene rings is 1. The van der Waals surface area contributed by atoms with Crippen molar-refractivity contribution in [3.8, 4) is 0 Å². The molecule has 19 heavy (non-hydrogen) atoms. The van der Waals surface area contributed by atoms with E-state index in [9.17, 15) is 8.42 Å². The highest BCUT2D eigenvalue weighted by atomic mass is 32.2. The van der Waals surface area contributed by atoms with Gasteiger partial charge in [-0.05, 0) is 30.5 Å². The molecule has 0 saturated carbocycles. The van der Waals surface area contributed by atoms with Gasteiger partial charge in [0.1, 0.15) is 0 Å². The zero-order valence-corrected chi connectivity index (χ0v) is 12.1. The smallest absolute Gasteiger partial charge is 0.240 e. The van der Waals surface area contributed by atoms with Crippen molar-refractivity contribution in [2.75, 3.05) is 13.2 Å². The van der Waals surface area contributed by atoms with Crippen molar-refractivity contribution in [3.05, 3.63) is 29.8 Å². The number of hydrogen-bond donors (Lipinski definition) is 2. The van der Waals surface area contributed by atoms with E-state index in [0.717, 1.165) is 24.8 Å². The third-order valence-electron chi connectivity index (χ3n) is 2.81. The molecule has 1 aromatic carbocycles. The maximum absolute atomic E-state index is 12.0. The summed E-state index contributed by atoms with van der Waals surface area (Å²) < 4.78 is 26.5. The molecule has 0 saturated heterocycles. The van der Waals surface area contributed by atoms with Crippen LogP contribution in [0.25, 0.3) is 0 Å². The second kappa shape index (κ2) is 8.27. The summed E-state index contributed by atoms with van der Waals surface area (Å²) in [6, 6.07) is 6.77. The minimum absolute atomic E-state index is 0.293. The third-order valence-corrected chi connectivity index (χ3v) is 4.29. The lowest BCUT2D eigenvalue weighted by molar-refractivity contribution is 0.141. The Bertz CT molecular complexity index is 457. The summed E-state index contributed by atoms with van der Waals surface area (Å²) in [5.74, 6) is 4.95. The van der Waals surface area contributed by atoms with E-state index in [0.29, 0.717) is 24.5 Å². The molecule has 0 bridgehead atoms. The Morgan fingerprint density at radius 2 is 1.89 bits per heavy atom. The normalized spacial score (nSPS) is 11.7. The van der Waals surface area contributed by atoms with Gasteiger partial charge in [0.25, 0.3) is 0 Å². The van der Waals surface area contributed by atoms with Crippen LogP contribution in [0.3, 0.4) is 0 Å². The fraction of sp³-hybridized carbons (Fsp3) is 0.538. The summed E-state index contributed by atoms with van der Waals surface area (Å²) in [6.07, 6.45) is 3.63. The van der Waals surface area contributed by atoms with Gasteiger partial charge in [0.15, 0.2) is 0 Å². The zero-order valence-electron chi connectivity index (χ0n) is 11.3. The van der Waals surface area contributed by atoms with Gasteiger partial charge in [-0.1, -0.05) is 31.9 Å². The molecular weight excluding hydrogens is 264 g/mol. The molecule has 0 atom stereocenters. The van der Waals surface area contributed by atoms with Gasteiger partial charge in [0.2, 0.25) is 10.0 Å². The molecule has 1 aromatic rings. The van der Waals surface area contributed by atoms with E-state index in [-0.39, 0.29) is 0 Å². The second-order valence-electron chi connectivity index (χ2n) is 4.37. The molecule has 0 aliphatic rings. The first-order valence-corrected chi connectivity index (χ1v) is 7.98. The fourth-order valence-corrected chi connectivity index (χ4v) is 2.75. The molecule has 0 heterocycles. The molecule has 1 rings (SSSR count). The Kier molecular flexibility index (Phi) is 7.01. The van der Waals surface area contributed by atoms with Gasteiger partial charge in [-0.15, -0.1) is 0 Å². The van der Waals surface area contributed by atoms with Crippen molar-refractivity contribution in [2.45, 2.75) is 37.5 Å². The van der Waals surface area contributed by atoms with E-state index in [2.05, 4.69) is 16.5 Å². The van der Waals surface area contributed by atoms with Gasteiger partial charge < -0.3 is 4.84 Å². The zero-order chi connectivity index (χ0) is 14.1. The summed E-state index contributed by atoms with van der Waals surface area (Å²) in [7, 11) is -3.38. The standard InChI is InChI=1S/C13H22N2O3S/c1-2-3-4-10-15-19(16,17)13-7-5-12(6-8-13)9-11-18-14/h5-8,15H,2-4,9-11,14H2,1H3. The van der Waals surface area contributed by atoms with Gasteiger partial charge in [-0.2, -0.15) is 0 Å². The summed E-state index contributed by atoms with van der Waals surface area (Å²) in [6.45, 7) is 2.98. The van der Waals surface area contributed by atoms with Crippen LogP contribution < -0.4 is 10.6 Å². The minimum atomic E-state index is -3.38. The summed E-state index contributed by atoms with van der Waals surface area (Å²) in [5.41, 5.74) is 0.996. The van der Waals surface area contributed by atoms with E-state index in [1.165, 1.54) is 0 Å². The molecule has 0 aromatic heterocycles. The van der Waals surface area contributed by atoms with Crippen LogP contribution in [0.2, 0.25) is 0 Å². The summed E-state index contributed by atoms with van der Waals surface area (Å²) >= 11 is 0. The number of sulfonamides is 1. The van der Waals surface area contributed by atoms with Gasteiger partial charge in [-0.3, -0.25) is 0 Å². The van der Waals surface area contributed by atoms with Crippen LogP contribution in [0.1, 0.15) is 31.7 Å². The lowest BCUT2D eigenvalue weighted by Gasteiger charge is -2.07. The quantitative estimate of drug-likeness (QED) is 0.533. The highest BCUT2D eigenvalue weighted by molar-refractivity contribution is 7.89. The van der Waals surface area contributed by atoms with Gasteiger partial charge in [0, 0.05) is 6.54 Å². The SMILES string of the molecule is CCCCCNS(=O)(=O)c1ccc(CCON)cc1. The number of rotatable bonds is 9. The van der Waals surface area contributed by atoms with Crippen molar-refractivity contribution in [3.63, 3.8) is 0 Å². The van der Waals surface area contributed by atoms with Gasteiger partial charge in [-0.25, -0.2) is 19.0 Å².